The number of fused-ring (bicyclic) bond motifs is 1. The molecule has 200 valence electrons. The Labute approximate surface area is 219 Å². The molecular weight excluding hydrogens is 491 g/mol. The Hall–Kier alpha value is -3.92. The third-order valence-corrected chi connectivity index (χ3v) is 7.52. The molecule has 3 heterocycles. The number of ether oxygens (including phenoxy) is 1. The van der Waals surface area contributed by atoms with Gasteiger partial charge in [0.05, 0.1) is 30.0 Å². The smallest absolute Gasteiger partial charge is 0.295 e. The first-order valence-electron chi connectivity index (χ1n) is 12.9. The quantitative estimate of drug-likeness (QED) is 0.293. The third-order valence-electron chi connectivity index (χ3n) is 7.52. The van der Waals surface area contributed by atoms with Crippen LogP contribution in [0.2, 0.25) is 0 Å². The van der Waals surface area contributed by atoms with E-state index in [1.54, 1.807) is 17.0 Å². The fourth-order valence-corrected chi connectivity index (χ4v) is 5.34. The number of carbonyl (C=O) groups excluding carboxylic acids is 3. The van der Waals surface area contributed by atoms with E-state index < -0.39 is 11.7 Å². The van der Waals surface area contributed by atoms with E-state index in [1.165, 1.54) is 42.5 Å². The summed E-state index contributed by atoms with van der Waals surface area (Å²) in [5.41, 5.74) is 1.66. The molecule has 0 saturated carbocycles. The van der Waals surface area contributed by atoms with Gasteiger partial charge in [-0.1, -0.05) is 12.1 Å². The van der Waals surface area contributed by atoms with Crippen LogP contribution in [0.4, 0.5) is 4.39 Å². The SMILES string of the molecule is COc1cc2c(cc1C(=O)N1CCC(Cc3ccc(F)cc3)CC1)c(C(=O)C(=O)N1CCNCC1)cn2O. The van der Waals surface area contributed by atoms with Crippen LogP contribution in [-0.2, 0) is 11.2 Å². The van der Waals surface area contributed by atoms with Crippen molar-refractivity contribution in [1.82, 2.24) is 19.8 Å². The molecule has 0 unspecified atom stereocenters. The first-order chi connectivity index (χ1) is 18.4. The second-order valence-corrected chi connectivity index (χ2v) is 9.89. The molecule has 2 aliphatic heterocycles. The summed E-state index contributed by atoms with van der Waals surface area (Å²) < 4.78 is 19.5. The van der Waals surface area contributed by atoms with E-state index in [4.69, 9.17) is 4.74 Å². The van der Waals surface area contributed by atoms with Gasteiger partial charge in [-0.3, -0.25) is 14.4 Å². The highest BCUT2D eigenvalue weighted by molar-refractivity contribution is 6.45. The molecule has 2 aromatic carbocycles. The minimum Gasteiger partial charge on any atom is -0.496 e. The lowest BCUT2D eigenvalue weighted by Crippen LogP contribution is -2.48. The summed E-state index contributed by atoms with van der Waals surface area (Å²) in [6, 6.07) is 9.57. The molecule has 0 radical (unpaired) electrons. The van der Waals surface area contributed by atoms with Crippen molar-refractivity contribution in [3.63, 3.8) is 0 Å². The number of hydrogen-bond donors (Lipinski definition) is 2. The third kappa shape index (κ3) is 5.08. The van der Waals surface area contributed by atoms with Gasteiger partial charge in [0, 0.05) is 50.7 Å². The van der Waals surface area contributed by atoms with Crippen LogP contribution in [0.1, 0.15) is 39.1 Å². The summed E-state index contributed by atoms with van der Waals surface area (Å²) >= 11 is 0. The van der Waals surface area contributed by atoms with Crippen LogP contribution in [-0.4, -0.2) is 83.7 Å². The van der Waals surface area contributed by atoms with Crippen LogP contribution in [0.5, 0.6) is 5.75 Å². The van der Waals surface area contributed by atoms with Crippen molar-refractivity contribution < 1.29 is 28.7 Å². The molecule has 38 heavy (non-hydrogen) atoms. The summed E-state index contributed by atoms with van der Waals surface area (Å²) in [6.07, 6.45) is 3.66. The molecule has 2 amide bonds. The minimum atomic E-state index is -0.727. The Bertz CT molecular complexity index is 1360. The lowest BCUT2D eigenvalue weighted by atomic mass is 9.90. The van der Waals surface area contributed by atoms with E-state index >= 15 is 0 Å². The van der Waals surface area contributed by atoms with Crippen LogP contribution in [0.3, 0.4) is 0 Å². The number of halogens is 1. The first-order valence-corrected chi connectivity index (χ1v) is 12.9. The molecule has 2 saturated heterocycles. The Balaban J connectivity index is 1.35. The molecule has 10 heteroatoms. The van der Waals surface area contributed by atoms with Crippen molar-refractivity contribution in [2.75, 3.05) is 46.4 Å². The number of amides is 2. The molecule has 2 aliphatic rings. The second-order valence-electron chi connectivity index (χ2n) is 9.89. The Morgan fingerprint density at radius 2 is 1.68 bits per heavy atom. The molecule has 0 atom stereocenters. The summed E-state index contributed by atoms with van der Waals surface area (Å²) in [6.45, 7) is 3.18. The van der Waals surface area contributed by atoms with E-state index in [-0.39, 0.29) is 34.1 Å². The number of Topliss-reactive ketones (excluding diaryl/α,β-unsaturated/α-hetero) is 1. The Morgan fingerprint density at radius 3 is 2.34 bits per heavy atom. The molecule has 2 N–H and O–H groups in total. The number of benzene rings is 2. The monoisotopic (exact) mass is 522 g/mol. The number of piperidine rings is 1. The number of hydrogen-bond acceptors (Lipinski definition) is 6. The number of aromatic nitrogens is 1. The van der Waals surface area contributed by atoms with Gasteiger partial charge in [-0.05, 0) is 48.9 Å². The summed E-state index contributed by atoms with van der Waals surface area (Å²) in [4.78, 5) is 42.8. The maximum Gasteiger partial charge on any atom is 0.295 e. The summed E-state index contributed by atoms with van der Waals surface area (Å²) in [7, 11) is 1.44. The van der Waals surface area contributed by atoms with Crippen molar-refractivity contribution in [2.24, 2.45) is 5.92 Å². The number of rotatable bonds is 6. The molecule has 0 aliphatic carbocycles. The van der Waals surface area contributed by atoms with E-state index in [2.05, 4.69) is 5.32 Å². The van der Waals surface area contributed by atoms with Crippen LogP contribution in [0, 0.1) is 11.7 Å². The highest BCUT2D eigenvalue weighted by Crippen LogP contribution is 2.32. The zero-order valence-electron chi connectivity index (χ0n) is 21.3. The number of carbonyl (C=O) groups is 3. The fourth-order valence-electron chi connectivity index (χ4n) is 5.34. The number of nitrogens with one attached hydrogen (secondary N) is 1. The standard InChI is InChI=1S/C28H31FN4O5/c1-38-25-16-24-21(23(17-33(24)37)26(34)28(36)32-12-8-30-9-13-32)15-22(25)27(35)31-10-6-19(7-11-31)14-18-2-4-20(29)5-3-18/h2-5,15-17,19,30,37H,6-14H2,1H3. The van der Waals surface area contributed by atoms with E-state index in [0.717, 1.165) is 29.6 Å². The van der Waals surface area contributed by atoms with Crippen molar-refractivity contribution in [2.45, 2.75) is 19.3 Å². The van der Waals surface area contributed by atoms with Gasteiger partial charge in [0.2, 0.25) is 0 Å². The lowest BCUT2D eigenvalue weighted by molar-refractivity contribution is -0.126. The summed E-state index contributed by atoms with van der Waals surface area (Å²) in [5.74, 6) is -1.19. The van der Waals surface area contributed by atoms with Crippen molar-refractivity contribution in [3.05, 3.63) is 65.1 Å². The minimum absolute atomic E-state index is 0.0424. The van der Waals surface area contributed by atoms with Gasteiger partial charge in [0.1, 0.15) is 11.6 Å². The van der Waals surface area contributed by atoms with E-state index in [9.17, 15) is 24.0 Å². The average Bonchev–Trinajstić information content (AvgIpc) is 3.28. The molecule has 1 aromatic heterocycles. The number of piperazine rings is 1. The first kappa shape index (κ1) is 25.7. The van der Waals surface area contributed by atoms with Crippen molar-refractivity contribution in [1.29, 1.82) is 0 Å². The van der Waals surface area contributed by atoms with E-state index in [0.29, 0.717) is 50.6 Å². The molecular formula is C28H31FN4O5. The molecule has 0 bridgehead atoms. The van der Waals surface area contributed by atoms with Gasteiger partial charge >= 0.3 is 0 Å². The molecule has 5 rings (SSSR count). The second kappa shape index (κ2) is 10.8. The maximum absolute atomic E-state index is 13.6. The highest BCUT2D eigenvalue weighted by atomic mass is 19.1. The Morgan fingerprint density at radius 1 is 1.00 bits per heavy atom. The fraction of sp³-hybridized carbons (Fsp3) is 0.393. The predicted octanol–water partition coefficient (Wildman–Crippen LogP) is 2.74. The van der Waals surface area contributed by atoms with Gasteiger partial charge in [0.15, 0.2) is 0 Å². The van der Waals surface area contributed by atoms with Crippen LogP contribution in [0.15, 0.2) is 42.6 Å². The predicted molar refractivity (Wildman–Crippen MR) is 138 cm³/mol. The number of ketones is 1. The molecule has 2 fully saturated rings. The molecule has 9 nitrogen and oxygen atoms in total. The van der Waals surface area contributed by atoms with Crippen molar-refractivity contribution >= 4 is 28.5 Å². The molecule has 3 aromatic rings. The lowest BCUT2D eigenvalue weighted by Gasteiger charge is -2.32. The summed E-state index contributed by atoms with van der Waals surface area (Å²) in [5, 5.41) is 13.9. The number of nitrogens with zero attached hydrogens (tertiary/aromatic N) is 3. The largest absolute Gasteiger partial charge is 0.496 e. The zero-order chi connectivity index (χ0) is 26.8. The molecule has 0 spiro atoms. The van der Waals surface area contributed by atoms with Crippen LogP contribution < -0.4 is 10.1 Å². The normalized spacial score (nSPS) is 16.6. The van der Waals surface area contributed by atoms with Gasteiger partial charge in [-0.2, -0.15) is 4.73 Å². The van der Waals surface area contributed by atoms with Gasteiger partial charge < -0.3 is 25.1 Å². The van der Waals surface area contributed by atoms with Crippen LogP contribution >= 0.6 is 0 Å². The van der Waals surface area contributed by atoms with Gasteiger partial charge in [-0.15, -0.1) is 0 Å². The number of methoxy groups -OCH3 is 1. The number of likely N-dealkylation sites (tertiary alicyclic amines) is 1. The Kier molecular flexibility index (Phi) is 7.33. The maximum atomic E-state index is 13.6. The average molecular weight is 523 g/mol. The van der Waals surface area contributed by atoms with Gasteiger partial charge in [-0.25, -0.2) is 4.39 Å². The van der Waals surface area contributed by atoms with Crippen LogP contribution in [0.25, 0.3) is 10.9 Å². The highest BCUT2D eigenvalue weighted by Gasteiger charge is 2.30. The van der Waals surface area contributed by atoms with Gasteiger partial charge in [0.25, 0.3) is 17.6 Å². The van der Waals surface area contributed by atoms with Crippen molar-refractivity contribution in [3.8, 4) is 5.75 Å². The van der Waals surface area contributed by atoms with E-state index in [1.807, 2.05) is 0 Å². The topological polar surface area (TPSA) is 104 Å². The zero-order valence-corrected chi connectivity index (χ0v) is 21.3.